The van der Waals surface area contributed by atoms with E-state index in [4.69, 9.17) is 5.26 Å². The zero-order valence-corrected chi connectivity index (χ0v) is 4.11. The van der Waals surface area contributed by atoms with Crippen molar-refractivity contribution in [3.8, 4) is 6.07 Å². The highest BCUT2D eigenvalue weighted by atomic mass is 32.1. The first kappa shape index (κ1) is 5.80. The van der Waals surface area contributed by atoms with E-state index < -0.39 is 0 Å². The Labute approximate surface area is 42.3 Å². The molecule has 0 aliphatic carbocycles. The second-order valence-electron chi connectivity index (χ2n) is 0.741. The van der Waals surface area contributed by atoms with Crippen molar-refractivity contribution >= 4 is 12.9 Å². The van der Waals surface area contributed by atoms with Crippen molar-refractivity contribution in [2.75, 3.05) is 6.61 Å². The molecule has 0 aromatic heterocycles. The van der Waals surface area contributed by atoms with Gasteiger partial charge in [0.2, 0.25) is 0 Å². The Kier molecular flexibility index (Phi) is 4.64. The van der Waals surface area contributed by atoms with Crippen LogP contribution >= 0.6 is 12.9 Å². The van der Waals surface area contributed by atoms with Gasteiger partial charge in [-0.2, -0.15) is 5.26 Å². The SMILES string of the molecule is N#CCCOS. The standard InChI is InChI=1S/C3H5NOS/c4-2-1-3-5-6/h6H,1,3H2. The molecule has 0 saturated heterocycles. The van der Waals surface area contributed by atoms with Crippen LogP contribution in [0.2, 0.25) is 0 Å². The molecule has 0 atom stereocenters. The lowest BCUT2D eigenvalue weighted by Crippen LogP contribution is -1.77. The lowest BCUT2D eigenvalue weighted by Gasteiger charge is -1.80. The molecule has 34 valence electrons. The maximum Gasteiger partial charge on any atom is 0.0740 e. The van der Waals surface area contributed by atoms with Crippen LogP contribution in [-0.2, 0) is 4.18 Å². The lowest BCUT2D eigenvalue weighted by atomic mass is 10.5. The molecule has 0 rings (SSSR count). The van der Waals surface area contributed by atoms with Crippen molar-refractivity contribution in [3.63, 3.8) is 0 Å². The van der Waals surface area contributed by atoms with Crippen molar-refractivity contribution in [1.29, 1.82) is 5.26 Å². The van der Waals surface area contributed by atoms with Gasteiger partial charge in [0.15, 0.2) is 0 Å². The third kappa shape index (κ3) is 3.80. The normalized spacial score (nSPS) is 7.33. The first-order valence-electron chi connectivity index (χ1n) is 1.55. The van der Waals surface area contributed by atoms with Gasteiger partial charge < -0.3 is 4.18 Å². The van der Waals surface area contributed by atoms with E-state index >= 15 is 0 Å². The molecule has 0 aliphatic rings. The van der Waals surface area contributed by atoms with Crippen LogP contribution in [0.25, 0.3) is 0 Å². The molecule has 2 nitrogen and oxygen atoms in total. The third-order valence-corrected chi connectivity index (χ3v) is 0.488. The summed E-state index contributed by atoms with van der Waals surface area (Å²) in [6.07, 6.45) is 0.420. The van der Waals surface area contributed by atoms with E-state index in [1.165, 1.54) is 0 Å². The molecule has 0 radical (unpaired) electrons. The predicted octanol–water partition coefficient (Wildman–Crippen LogP) is 0.761. The fraction of sp³-hybridized carbons (Fsp3) is 0.667. The second-order valence-corrected chi connectivity index (χ2v) is 1.000. The number of nitrogens with zero attached hydrogens (tertiary/aromatic N) is 1. The van der Waals surface area contributed by atoms with E-state index in [1.807, 2.05) is 6.07 Å². The fourth-order valence-corrected chi connectivity index (χ4v) is 0.183. The highest BCUT2D eigenvalue weighted by Crippen LogP contribution is 1.79. The van der Waals surface area contributed by atoms with Crippen LogP contribution in [-0.4, -0.2) is 6.61 Å². The van der Waals surface area contributed by atoms with Crippen molar-refractivity contribution in [2.45, 2.75) is 6.42 Å². The first-order chi connectivity index (χ1) is 2.91. The zero-order valence-electron chi connectivity index (χ0n) is 3.22. The van der Waals surface area contributed by atoms with Crippen molar-refractivity contribution in [2.24, 2.45) is 0 Å². The van der Waals surface area contributed by atoms with Crippen molar-refractivity contribution in [1.82, 2.24) is 0 Å². The summed E-state index contributed by atoms with van der Waals surface area (Å²) in [6, 6.07) is 1.89. The molecular formula is C3H5NOS. The van der Waals surface area contributed by atoms with Gasteiger partial charge in [-0.05, 0) is 12.9 Å². The minimum absolute atomic E-state index is 0.416. The van der Waals surface area contributed by atoms with E-state index in [0.29, 0.717) is 13.0 Å². The molecule has 0 heterocycles. The summed E-state index contributed by atoms with van der Waals surface area (Å²) < 4.78 is 4.25. The molecule has 0 aromatic rings. The van der Waals surface area contributed by atoms with Gasteiger partial charge >= 0.3 is 0 Å². The van der Waals surface area contributed by atoms with E-state index in [-0.39, 0.29) is 0 Å². The Bertz CT molecular complexity index is 58.3. The summed E-state index contributed by atoms with van der Waals surface area (Å²) in [5, 5.41) is 7.83. The van der Waals surface area contributed by atoms with Gasteiger partial charge in [-0.1, -0.05) is 0 Å². The molecule has 0 aliphatic heterocycles. The molecule has 6 heavy (non-hydrogen) atoms. The monoisotopic (exact) mass is 103 g/mol. The Morgan fingerprint density at radius 3 is 2.67 bits per heavy atom. The van der Waals surface area contributed by atoms with Gasteiger partial charge in [-0.15, -0.1) is 0 Å². The summed E-state index contributed by atoms with van der Waals surface area (Å²) in [5.41, 5.74) is 0. The Morgan fingerprint density at radius 1 is 1.83 bits per heavy atom. The van der Waals surface area contributed by atoms with Gasteiger partial charge in [-0.25, -0.2) is 0 Å². The quantitative estimate of drug-likeness (QED) is 0.318. The number of nitriles is 1. The summed E-state index contributed by atoms with van der Waals surface area (Å²) in [4.78, 5) is 0. The summed E-state index contributed by atoms with van der Waals surface area (Å²) in [5.74, 6) is 0. The molecule has 0 aromatic carbocycles. The molecule has 0 bridgehead atoms. The molecule has 0 unspecified atom stereocenters. The van der Waals surface area contributed by atoms with Gasteiger partial charge in [0.1, 0.15) is 0 Å². The zero-order chi connectivity index (χ0) is 4.83. The predicted molar refractivity (Wildman–Crippen MR) is 25.2 cm³/mol. The molecular weight excluding hydrogens is 98.1 g/mol. The van der Waals surface area contributed by atoms with E-state index in [1.54, 1.807) is 0 Å². The molecule has 0 amide bonds. The van der Waals surface area contributed by atoms with Gasteiger partial charge in [0.05, 0.1) is 19.1 Å². The largest absolute Gasteiger partial charge is 0.317 e. The maximum absolute atomic E-state index is 7.83. The topological polar surface area (TPSA) is 33.0 Å². The van der Waals surface area contributed by atoms with Gasteiger partial charge in [0.25, 0.3) is 0 Å². The van der Waals surface area contributed by atoms with Crippen LogP contribution in [0, 0.1) is 11.3 Å². The summed E-state index contributed by atoms with van der Waals surface area (Å²) in [7, 11) is 0. The van der Waals surface area contributed by atoms with Crippen LogP contribution in [0.3, 0.4) is 0 Å². The molecule has 0 saturated carbocycles. The highest BCUT2D eigenvalue weighted by Gasteiger charge is 1.74. The highest BCUT2D eigenvalue weighted by molar-refractivity contribution is 7.75. The Balaban J connectivity index is 2.54. The summed E-state index contributed by atoms with van der Waals surface area (Å²) >= 11 is 3.40. The fourth-order valence-electron chi connectivity index (χ4n) is 0.0913. The molecule has 0 fully saturated rings. The van der Waals surface area contributed by atoms with Crippen LogP contribution in [0.15, 0.2) is 0 Å². The third-order valence-electron chi connectivity index (χ3n) is 0.305. The minimum Gasteiger partial charge on any atom is -0.317 e. The lowest BCUT2D eigenvalue weighted by molar-refractivity contribution is 0.393. The second kappa shape index (κ2) is 4.80. The van der Waals surface area contributed by atoms with E-state index in [0.717, 1.165) is 0 Å². The smallest absolute Gasteiger partial charge is 0.0740 e. The first-order valence-corrected chi connectivity index (χ1v) is 1.91. The van der Waals surface area contributed by atoms with Crippen LogP contribution in [0.1, 0.15) is 6.42 Å². The minimum atomic E-state index is 0.416. The average molecular weight is 103 g/mol. The average Bonchev–Trinajstić information content (AvgIpc) is 1.61. The van der Waals surface area contributed by atoms with Crippen LogP contribution in [0.5, 0.6) is 0 Å². The molecule has 3 heteroatoms. The number of hydrogen-bond donors (Lipinski definition) is 1. The van der Waals surface area contributed by atoms with Gasteiger partial charge in [-0.3, -0.25) is 0 Å². The number of hydrogen-bond acceptors (Lipinski definition) is 3. The van der Waals surface area contributed by atoms with Crippen molar-refractivity contribution < 1.29 is 4.18 Å². The number of thiol groups is 1. The van der Waals surface area contributed by atoms with Gasteiger partial charge in [0, 0.05) is 0 Å². The summed E-state index contributed by atoms with van der Waals surface area (Å²) in [6.45, 7) is 0.416. The van der Waals surface area contributed by atoms with Crippen LogP contribution in [0.4, 0.5) is 0 Å². The van der Waals surface area contributed by atoms with Crippen molar-refractivity contribution in [3.05, 3.63) is 0 Å². The maximum atomic E-state index is 7.83. The van der Waals surface area contributed by atoms with E-state index in [9.17, 15) is 0 Å². The molecule has 0 spiro atoms. The molecule has 0 N–H and O–H groups in total. The number of rotatable bonds is 2. The van der Waals surface area contributed by atoms with Crippen LogP contribution < -0.4 is 0 Å². The Morgan fingerprint density at radius 2 is 2.50 bits per heavy atom. The van der Waals surface area contributed by atoms with E-state index in [2.05, 4.69) is 17.1 Å². The Hall–Kier alpha value is -0.200.